The molecule has 0 saturated heterocycles. The van der Waals surface area contributed by atoms with Gasteiger partial charge in [-0.1, -0.05) is 19.8 Å². The zero-order valence-corrected chi connectivity index (χ0v) is 15.4. The number of hydrogen-bond donors (Lipinski definition) is 4. The van der Waals surface area contributed by atoms with Crippen LogP contribution in [0.5, 0.6) is 0 Å². The molecule has 8 nitrogen and oxygen atoms in total. The third-order valence-corrected chi connectivity index (χ3v) is 3.84. The van der Waals surface area contributed by atoms with Crippen LogP contribution < -0.4 is 21.7 Å². The lowest BCUT2D eigenvalue weighted by molar-refractivity contribution is -0.130. The Morgan fingerprint density at radius 1 is 1.12 bits per heavy atom. The molecule has 0 aromatic rings. The van der Waals surface area contributed by atoms with E-state index in [1.165, 1.54) is 0 Å². The summed E-state index contributed by atoms with van der Waals surface area (Å²) in [4.78, 5) is 47.4. The molecular formula is C16H25N4O4S-. The fraction of sp³-hybridized carbons (Fsp3) is 0.500. The lowest BCUT2D eigenvalue weighted by atomic mass is 10.2. The summed E-state index contributed by atoms with van der Waals surface area (Å²) >= 11 is 0. The maximum atomic E-state index is 12.2. The first kappa shape index (κ1) is 22.7. The average molecular weight is 369 g/mol. The zero-order valence-electron chi connectivity index (χ0n) is 14.6. The average Bonchev–Trinajstić information content (AvgIpc) is 2.49. The predicted octanol–water partition coefficient (Wildman–Crippen LogP) is -2.14. The molecule has 3 amide bonds. The second-order valence-electron chi connectivity index (χ2n) is 5.69. The van der Waals surface area contributed by atoms with Gasteiger partial charge in [-0.2, -0.15) is 0 Å². The van der Waals surface area contributed by atoms with Gasteiger partial charge >= 0.3 is 0 Å². The molecule has 0 saturated carbocycles. The molecule has 0 aliphatic carbocycles. The summed E-state index contributed by atoms with van der Waals surface area (Å²) in [6.07, 6.45) is 4.88. The van der Waals surface area contributed by atoms with Crippen LogP contribution in [0.4, 0.5) is 0 Å². The number of terminal acetylenes is 1. The number of carbonyl (C=O) groups excluding carboxylic acids is 4. The predicted molar refractivity (Wildman–Crippen MR) is 101 cm³/mol. The number of nitrogens with two attached hydrogens (primary N) is 1. The van der Waals surface area contributed by atoms with Crippen molar-refractivity contribution in [1.29, 1.82) is 0 Å². The van der Waals surface area contributed by atoms with E-state index in [9.17, 15) is 19.2 Å². The highest BCUT2D eigenvalue weighted by molar-refractivity contribution is 8.05. The number of carbonyl (C=O) groups is 4. The van der Waals surface area contributed by atoms with Gasteiger partial charge in [0.2, 0.25) is 11.8 Å². The molecule has 0 heterocycles. The SMILES string of the molecule is C#C[C@H](NC(=O)[C@H](C)NC(C)C)C(=O)N[C@@H](CC(N)=O)C(=O)[S-](=C)=C. The standard InChI is InChI=1S/C16H25N4O4S/c1-7-11(19-14(22)10(4)18-9(2)3)15(23)20-12(8-13(17)21)16(24)25(5)6/h1,9-12,18H,5-6,8H2,2-4H3,(H2,17,21)(H,19,22)(H,20,23)/q-1/t10-,11-,12-/m0/s1. The molecule has 0 spiro atoms. The van der Waals surface area contributed by atoms with Crippen molar-refractivity contribution in [3.05, 3.63) is 0 Å². The van der Waals surface area contributed by atoms with Gasteiger partial charge in [-0.05, 0) is 6.92 Å². The van der Waals surface area contributed by atoms with E-state index in [1.54, 1.807) is 6.92 Å². The minimum absolute atomic E-state index is 0.0588. The number of rotatable bonds is 9. The molecule has 0 unspecified atom stereocenters. The highest BCUT2D eigenvalue weighted by atomic mass is 32.2. The molecule has 0 aliphatic heterocycles. The van der Waals surface area contributed by atoms with Crippen LogP contribution in [0, 0.1) is 12.3 Å². The number of primary amides is 1. The van der Waals surface area contributed by atoms with Crippen molar-refractivity contribution in [2.45, 2.75) is 51.4 Å². The quantitative estimate of drug-likeness (QED) is 0.209. The van der Waals surface area contributed by atoms with E-state index < -0.39 is 57.5 Å². The van der Waals surface area contributed by atoms with Crippen LogP contribution >= 0.6 is 0 Å². The smallest absolute Gasteiger partial charge is 0.255 e. The van der Waals surface area contributed by atoms with E-state index in [2.05, 4.69) is 33.6 Å². The van der Waals surface area contributed by atoms with Gasteiger partial charge in [0.1, 0.15) is 0 Å². The fourth-order valence-electron chi connectivity index (χ4n) is 1.88. The van der Waals surface area contributed by atoms with Crippen LogP contribution in [0.3, 0.4) is 0 Å². The van der Waals surface area contributed by atoms with Gasteiger partial charge in [0, 0.05) is 6.04 Å². The molecule has 140 valence electrons. The van der Waals surface area contributed by atoms with E-state index in [1.807, 2.05) is 13.8 Å². The number of nitrogens with one attached hydrogen (secondary N) is 3. The summed E-state index contributed by atoms with van der Waals surface area (Å²) in [5, 5.41) is 7.15. The number of amides is 3. The first-order chi connectivity index (χ1) is 11.5. The van der Waals surface area contributed by atoms with Crippen molar-refractivity contribution in [3.8, 4) is 12.3 Å². The molecule has 0 radical (unpaired) electrons. The van der Waals surface area contributed by atoms with Gasteiger partial charge < -0.3 is 36.6 Å². The first-order valence-electron chi connectivity index (χ1n) is 7.48. The Bertz CT molecular complexity index is 641. The summed E-state index contributed by atoms with van der Waals surface area (Å²) in [5.41, 5.74) is 5.08. The molecule has 0 aliphatic rings. The Morgan fingerprint density at radius 3 is 2.08 bits per heavy atom. The summed E-state index contributed by atoms with van der Waals surface area (Å²) < 4.78 is 0. The Morgan fingerprint density at radius 2 is 1.68 bits per heavy atom. The van der Waals surface area contributed by atoms with E-state index in [-0.39, 0.29) is 6.04 Å². The molecule has 0 bridgehead atoms. The van der Waals surface area contributed by atoms with Crippen LogP contribution in [0.1, 0.15) is 27.2 Å². The Balaban J connectivity index is 5.06. The highest BCUT2D eigenvalue weighted by Crippen LogP contribution is 1.97. The molecule has 0 rings (SSSR count). The lowest BCUT2D eigenvalue weighted by Crippen LogP contribution is -2.55. The van der Waals surface area contributed by atoms with Gasteiger partial charge in [-0.3, -0.25) is 14.4 Å². The zero-order chi connectivity index (χ0) is 19.7. The normalized spacial score (nSPS) is 14.2. The summed E-state index contributed by atoms with van der Waals surface area (Å²) in [5.74, 6) is 7.06. The van der Waals surface area contributed by atoms with E-state index >= 15 is 0 Å². The van der Waals surface area contributed by atoms with Crippen LogP contribution in [0.15, 0.2) is 0 Å². The van der Waals surface area contributed by atoms with Gasteiger partial charge in [0.15, 0.2) is 6.04 Å². The second-order valence-corrected chi connectivity index (χ2v) is 7.08. The van der Waals surface area contributed by atoms with Crippen molar-refractivity contribution < 1.29 is 19.2 Å². The Labute approximate surface area is 149 Å². The van der Waals surface area contributed by atoms with Gasteiger partial charge in [0.05, 0.1) is 23.6 Å². The van der Waals surface area contributed by atoms with Crippen molar-refractivity contribution in [3.63, 3.8) is 0 Å². The molecular weight excluding hydrogens is 344 g/mol. The van der Waals surface area contributed by atoms with Gasteiger partial charge in [-0.15, -0.1) is 6.42 Å². The van der Waals surface area contributed by atoms with Crippen molar-refractivity contribution in [2.75, 3.05) is 0 Å². The second kappa shape index (κ2) is 10.5. The largest absolute Gasteiger partial charge is 0.420 e. The van der Waals surface area contributed by atoms with E-state index in [0.29, 0.717) is 0 Å². The number of hydrogen-bond acceptors (Lipinski definition) is 6. The van der Waals surface area contributed by atoms with Crippen LogP contribution in [-0.4, -0.2) is 58.7 Å². The molecule has 3 atom stereocenters. The molecule has 9 heteroatoms. The van der Waals surface area contributed by atoms with E-state index in [0.717, 1.165) is 0 Å². The molecule has 5 N–H and O–H groups in total. The lowest BCUT2D eigenvalue weighted by Gasteiger charge is -2.23. The molecule has 0 aromatic heterocycles. The van der Waals surface area contributed by atoms with E-state index in [4.69, 9.17) is 12.2 Å². The Kier molecular flexibility index (Phi) is 9.56. The summed E-state index contributed by atoms with van der Waals surface area (Å²) in [6, 6.07) is -3.01. The topological polar surface area (TPSA) is 130 Å². The van der Waals surface area contributed by atoms with Gasteiger partial charge in [-0.25, -0.2) is 11.7 Å². The minimum atomic E-state index is -1.30. The monoisotopic (exact) mass is 369 g/mol. The summed E-state index contributed by atoms with van der Waals surface area (Å²) in [7, 11) is -1.17. The first-order valence-corrected chi connectivity index (χ1v) is 9.04. The van der Waals surface area contributed by atoms with Gasteiger partial charge in [0.25, 0.3) is 5.91 Å². The maximum absolute atomic E-state index is 12.2. The minimum Gasteiger partial charge on any atom is -0.420 e. The molecule has 25 heavy (non-hydrogen) atoms. The van der Waals surface area contributed by atoms with Crippen LogP contribution in [0.25, 0.3) is 0 Å². The fourth-order valence-corrected chi connectivity index (χ4v) is 2.42. The van der Waals surface area contributed by atoms with Crippen LogP contribution in [0.2, 0.25) is 0 Å². The van der Waals surface area contributed by atoms with Crippen molar-refractivity contribution in [2.24, 2.45) is 5.73 Å². The van der Waals surface area contributed by atoms with Crippen molar-refractivity contribution in [1.82, 2.24) is 16.0 Å². The third kappa shape index (κ3) is 8.37. The molecule has 0 fully saturated rings. The Hall–Kier alpha value is -2.31. The maximum Gasteiger partial charge on any atom is 0.255 e. The third-order valence-electron chi connectivity index (χ3n) is 2.98. The van der Waals surface area contributed by atoms with Crippen LogP contribution in [-0.2, 0) is 29.3 Å². The highest BCUT2D eigenvalue weighted by Gasteiger charge is 2.25. The molecule has 0 aromatic carbocycles. The van der Waals surface area contributed by atoms with Crippen molar-refractivity contribution >= 4 is 44.7 Å². The summed E-state index contributed by atoms with van der Waals surface area (Å²) in [6.45, 7) is 5.35.